The van der Waals surface area contributed by atoms with Crippen LogP contribution in [0.25, 0.3) is 0 Å². The van der Waals surface area contributed by atoms with Gasteiger partial charge in [-0.25, -0.2) is 0 Å². The van der Waals surface area contributed by atoms with Crippen molar-refractivity contribution in [1.29, 1.82) is 0 Å². The molecule has 5 nitrogen and oxygen atoms in total. The van der Waals surface area contributed by atoms with E-state index in [1.165, 1.54) is 17.5 Å². The summed E-state index contributed by atoms with van der Waals surface area (Å²) < 4.78 is 0. The Bertz CT molecular complexity index is 569. The molecule has 1 atom stereocenters. The van der Waals surface area contributed by atoms with Crippen molar-refractivity contribution in [2.75, 3.05) is 25.0 Å². The summed E-state index contributed by atoms with van der Waals surface area (Å²) in [5, 5.41) is 5.83. The number of hydrogen-bond donors (Lipinski definition) is 3. The van der Waals surface area contributed by atoms with Gasteiger partial charge in [-0.2, -0.15) is 0 Å². The summed E-state index contributed by atoms with van der Waals surface area (Å²) in [6.07, 6.45) is 3.44. The molecule has 0 saturated carbocycles. The monoisotopic (exact) mass is 318 g/mol. The van der Waals surface area contributed by atoms with Gasteiger partial charge in [0.25, 0.3) is 11.8 Å². The number of anilines is 1. The molecule has 1 aromatic carbocycles. The standard InChI is InChI=1S/C18H27N3O2/c1-4-21(11-17(22)19-13(2)3)12-18(23)20-16-9-8-14-6-5-7-15(14)10-16/h8-10,13H,4-7,11-12H2,1-3H3,(H,19,22)(H,20,23)/p+1. The molecule has 0 heterocycles. The second-order valence-electron chi connectivity index (χ2n) is 6.56. The fourth-order valence-corrected chi connectivity index (χ4v) is 2.99. The van der Waals surface area contributed by atoms with Gasteiger partial charge in [0.05, 0.1) is 6.54 Å². The maximum Gasteiger partial charge on any atom is 0.279 e. The summed E-state index contributed by atoms with van der Waals surface area (Å²) in [5.74, 6) is -0.0562. The van der Waals surface area contributed by atoms with Crippen LogP contribution in [0, 0.1) is 0 Å². The summed E-state index contributed by atoms with van der Waals surface area (Å²) >= 11 is 0. The number of quaternary nitrogens is 1. The lowest BCUT2D eigenvalue weighted by molar-refractivity contribution is -0.881. The van der Waals surface area contributed by atoms with Crippen LogP contribution < -0.4 is 15.5 Å². The summed E-state index contributed by atoms with van der Waals surface area (Å²) in [5.41, 5.74) is 3.60. The third-order valence-electron chi connectivity index (χ3n) is 4.15. The van der Waals surface area contributed by atoms with Gasteiger partial charge in [0.15, 0.2) is 13.1 Å². The van der Waals surface area contributed by atoms with E-state index in [9.17, 15) is 9.59 Å². The first-order valence-corrected chi connectivity index (χ1v) is 8.52. The Morgan fingerprint density at radius 2 is 1.83 bits per heavy atom. The van der Waals surface area contributed by atoms with Crippen LogP contribution in [0.1, 0.15) is 38.3 Å². The van der Waals surface area contributed by atoms with Crippen LogP contribution in [-0.4, -0.2) is 37.5 Å². The van der Waals surface area contributed by atoms with Crippen molar-refractivity contribution in [2.24, 2.45) is 0 Å². The van der Waals surface area contributed by atoms with E-state index in [1.807, 2.05) is 26.8 Å². The molecule has 0 aromatic heterocycles. The first-order valence-electron chi connectivity index (χ1n) is 8.52. The molecule has 1 unspecified atom stereocenters. The maximum atomic E-state index is 12.2. The van der Waals surface area contributed by atoms with E-state index in [4.69, 9.17) is 0 Å². The number of carbonyl (C=O) groups excluding carboxylic acids is 2. The molecular weight excluding hydrogens is 290 g/mol. The second-order valence-corrected chi connectivity index (χ2v) is 6.56. The van der Waals surface area contributed by atoms with E-state index in [2.05, 4.69) is 22.8 Å². The molecule has 1 aliphatic carbocycles. The fraction of sp³-hybridized carbons (Fsp3) is 0.556. The van der Waals surface area contributed by atoms with Gasteiger partial charge < -0.3 is 15.5 Å². The predicted molar refractivity (Wildman–Crippen MR) is 91.6 cm³/mol. The summed E-state index contributed by atoms with van der Waals surface area (Å²) in [4.78, 5) is 25.0. The van der Waals surface area contributed by atoms with Gasteiger partial charge in [-0.1, -0.05) is 6.07 Å². The van der Waals surface area contributed by atoms with E-state index < -0.39 is 0 Å². The number of amides is 2. The highest BCUT2D eigenvalue weighted by molar-refractivity contribution is 5.91. The Hall–Kier alpha value is -1.88. The molecule has 0 radical (unpaired) electrons. The maximum absolute atomic E-state index is 12.2. The Balaban J connectivity index is 1.86. The van der Waals surface area contributed by atoms with Crippen LogP contribution in [0.5, 0.6) is 0 Å². The lowest BCUT2D eigenvalue weighted by Gasteiger charge is -2.18. The van der Waals surface area contributed by atoms with Gasteiger partial charge in [-0.3, -0.25) is 9.59 Å². The highest BCUT2D eigenvalue weighted by Crippen LogP contribution is 2.24. The normalized spacial score (nSPS) is 14.4. The van der Waals surface area contributed by atoms with Crippen LogP contribution in [-0.2, 0) is 22.4 Å². The van der Waals surface area contributed by atoms with Crippen molar-refractivity contribution in [2.45, 2.75) is 46.1 Å². The third kappa shape index (κ3) is 5.36. The SMILES string of the molecule is CC[NH+](CC(=O)Nc1ccc2c(c1)CCC2)CC(=O)NC(C)C. The number of aryl methyl sites for hydroxylation is 2. The molecule has 3 N–H and O–H groups in total. The lowest BCUT2D eigenvalue weighted by atomic mass is 10.1. The second kappa shape index (κ2) is 8.11. The average molecular weight is 318 g/mol. The molecule has 2 amide bonds. The number of benzene rings is 1. The molecule has 1 aliphatic rings. The molecule has 0 fully saturated rings. The summed E-state index contributed by atoms with van der Waals surface area (Å²) in [7, 11) is 0. The van der Waals surface area contributed by atoms with E-state index in [0.29, 0.717) is 13.1 Å². The minimum absolute atomic E-state index is 0.0119. The molecule has 23 heavy (non-hydrogen) atoms. The van der Waals surface area contributed by atoms with Crippen molar-refractivity contribution < 1.29 is 14.5 Å². The summed E-state index contributed by atoms with van der Waals surface area (Å²) in [6, 6.07) is 6.29. The van der Waals surface area contributed by atoms with Crippen molar-refractivity contribution in [3.63, 3.8) is 0 Å². The van der Waals surface area contributed by atoms with Crippen LogP contribution in [0.4, 0.5) is 5.69 Å². The Kier molecular flexibility index (Phi) is 6.16. The van der Waals surface area contributed by atoms with Crippen molar-refractivity contribution in [3.05, 3.63) is 29.3 Å². The van der Waals surface area contributed by atoms with Gasteiger partial charge in [-0.05, 0) is 63.3 Å². The van der Waals surface area contributed by atoms with E-state index >= 15 is 0 Å². The molecule has 0 aliphatic heterocycles. The Morgan fingerprint density at radius 3 is 2.52 bits per heavy atom. The largest absolute Gasteiger partial charge is 0.349 e. The van der Waals surface area contributed by atoms with Crippen molar-refractivity contribution in [1.82, 2.24) is 5.32 Å². The minimum Gasteiger partial charge on any atom is -0.349 e. The van der Waals surface area contributed by atoms with Crippen LogP contribution >= 0.6 is 0 Å². The highest BCUT2D eigenvalue weighted by atomic mass is 16.2. The molecule has 2 rings (SSSR count). The van der Waals surface area contributed by atoms with Crippen LogP contribution in [0.3, 0.4) is 0 Å². The zero-order valence-electron chi connectivity index (χ0n) is 14.4. The molecular formula is C18H28N3O2+. The van der Waals surface area contributed by atoms with Crippen molar-refractivity contribution in [3.8, 4) is 0 Å². The first-order chi connectivity index (χ1) is 11.0. The van der Waals surface area contributed by atoms with Gasteiger partial charge in [0, 0.05) is 11.7 Å². The van der Waals surface area contributed by atoms with E-state index in [0.717, 1.165) is 30.0 Å². The Labute approximate surface area is 138 Å². The number of fused-ring (bicyclic) bond motifs is 1. The smallest absolute Gasteiger partial charge is 0.279 e. The topological polar surface area (TPSA) is 62.6 Å². The minimum atomic E-state index is -0.0443. The quantitative estimate of drug-likeness (QED) is 0.687. The van der Waals surface area contributed by atoms with E-state index in [-0.39, 0.29) is 17.9 Å². The number of hydrogen-bond acceptors (Lipinski definition) is 2. The molecule has 0 bridgehead atoms. The highest BCUT2D eigenvalue weighted by Gasteiger charge is 2.18. The molecule has 5 heteroatoms. The zero-order chi connectivity index (χ0) is 16.8. The van der Waals surface area contributed by atoms with Gasteiger partial charge in [-0.15, -0.1) is 0 Å². The average Bonchev–Trinajstić information content (AvgIpc) is 2.93. The van der Waals surface area contributed by atoms with Crippen LogP contribution in [0.15, 0.2) is 18.2 Å². The number of carbonyl (C=O) groups is 2. The fourth-order valence-electron chi connectivity index (χ4n) is 2.99. The molecule has 126 valence electrons. The molecule has 0 saturated heterocycles. The molecule has 0 spiro atoms. The molecule has 1 aromatic rings. The summed E-state index contributed by atoms with van der Waals surface area (Å²) in [6.45, 7) is 7.23. The number of nitrogens with one attached hydrogen (secondary N) is 3. The van der Waals surface area contributed by atoms with E-state index in [1.54, 1.807) is 0 Å². The number of likely N-dealkylation sites (N-methyl/N-ethyl adjacent to an activating group) is 1. The van der Waals surface area contributed by atoms with Gasteiger partial charge >= 0.3 is 0 Å². The van der Waals surface area contributed by atoms with Crippen molar-refractivity contribution >= 4 is 17.5 Å². The van der Waals surface area contributed by atoms with Gasteiger partial charge in [0.2, 0.25) is 0 Å². The first kappa shape index (κ1) is 17.5. The number of rotatable bonds is 7. The predicted octanol–water partition coefficient (Wildman–Crippen LogP) is 0.543. The zero-order valence-corrected chi connectivity index (χ0v) is 14.4. The van der Waals surface area contributed by atoms with Gasteiger partial charge in [0.1, 0.15) is 0 Å². The lowest BCUT2D eigenvalue weighted by Crippen LogP contribution is -3.14. The Morgan fingerprint density at radius 1 is 1.13 bits per heavy atom. The van der Waals surface area contributed by atoms with Crippen LogP contribution in [0.2, 0.25) is 0 Å². The third-order valence-corrected chi connectivity index (χ3v) is 4.15.